The molecule has 0 aromatic heterocycles. The first-order chi connectivity index (χ1) is 5.34. The molecule has 0 atom stereocenters. The van der Waals surface area contributed by atoms with Crippen LogP contribution in [-0.2, 0) is 0 Å². The lowest BCUT2D eigenvalue weighted by Gasteiger charge is -2.02. The fourth-order valence-corrected chi connectivity index (χ4v) is 0.925. The Labute approximate surface area is 78.1 Å². The van der Waals surface area contributed by atoms with E-state index in [0.29, 0.717) is 6.10 Å². The van der Waals surface area contributed by atoms with Crippen LogP contribution in [0.2, 0.25) is 0 Å². The second kappa shape index (κ2) is 3.68. The van der Waals surface area contributed by atoms with Gasteiger partial charge in [0.25, 0.3) is 0 Å². The summed E-state index contributed by atoms with van der Waals surface area (Å²) in [5, 5.41) is 0. The van der Waals surface area contributed by atoms with Crippen molar-refractivity contribution < 1.29 is 4.74 Å². The Morgan fingerprint density at radius 1 is 1.17 bits per heavy atom. The van der Waals surface area contributed by atoms with E-state index in [1.54, 1.807) is 0 Å². The molecule has 0 amide bonds. The van der Waals surface area contributed by atoms with E-state index in [1.807, 2.05) is 24.3 Å². The van der Waals surface area contributed by atoms with Crippen LogP contribution in [0.15, 0.2) is 24.3 Å². The van der Waals surface area contributed by atoms with Crippen LogP contribution >= 0.6 is 12.4 Å². The molecule has 2 N–H and O–H groups in total. The van der Waals surface area contributed by atoms with Crippen LogP contribution in [0.1, 0.15) is 12.8 Å². The van der Waals surface area contributed by atoms with Crippen molar-refractivity contribution in [2.45, 2.75) is 18.9 Å². The van der Waals surface area contributed by atoms with Crippen LogP contribution in [0.5, 0.6) is 5.75 Å². The van der Waals surface area contributed by atoms with Crippen LogP contribution < -0.4 is 10.5 Å². The van der Waals surface area contributed by atoms with E-state index in [-0.39, 0.29) is 12.4 Å². The lowest BCUT2D eigenvalue weighted by Crippen LogP contribution is -1.95. The summed E-state index contributed by atoms with van der Waals surface area (Å²) in [7, 11) is 0. The molecule has 0 unspecified atom stereocenters. The van der Waals surface area contributed by atoms with Crippen LogP contribution in [0, 0.1) is 0 Å². The monoisotopic (exact) mass is 185 g/mol. The van der Waals surface area contributed by atoms with Crippen molar-refractivity contribution in [2.75, 3.05) is 5.73 Å². The molecular formula is C9H12ClNO. The average molecular weight is 186 g/mol. The highest BCUT2D eigenvalue weighted by atomic mass is 35.5. The van der Waals surface area contributed by atoms with Gasteiger partial charge in [0.2, 0.25) is 0 Å². The van der Waals surface area contributed by atoms with Gasteiger partial charge in [0.05, 0.1) is 6.10 Å². The minimum Gasteiger partial charge on any atom is -0.490 e. The summed E-state index contributed by atoms with van der Waals surface area (Å²) in [6.07, 6.45) is 2.87. The van der Waals surface area contributed by atoms with E-state index in [4.69, 9.17) is 10.5 Å². The van der Waals surface area contributed by atoms with Crippen molar-refractivity contribution in [1.29, 1.82) is 0 Å². The first-order valence-electron chi connectivity index (χ1n) is 3.87. The molecule has 0 radical (unpaired) electrons. The highest BCUT2D eigenvalue weighted by Gasteiger charge is 2.23. The zero-order valence-corrected chi connectivity index (χ0v) is 7.51. The number of hydrogen-bond donors (Lipinski definition) is 1. The normalized spacial score (nSPS) is 15.0. The van der Waals surface area contributed by atoms with E-state index in [1.165, 1.54) is 12.8 Å². The second-order valence-electron chi connectivity index (χ2n) is 2.89. The Kier molecular flexibility index (Phi) is 2.82. The molecule has 66 valence electrons. The summed E-state index contributed by atoms with van der Waals surface area (Å²) in [5.74, 6) is 0.932. The lowest BCUT2D eigenvalue weighted by atomic mass is 10.3. The fourth-order valence-electron chi connectivity index (χ4n) is 0.925. The molecule has 1 aliphatic rings. The van der Waals surface area contributed by atoms with Crippen molar-refractivity contribution in [3.05, 3.63) is 24.3 Å². The molecule has 0 bridgehead atoms. The Morgan fingerprint density at radius 2 is 1.75 bits per heavy atom. The zero-order chi connectivity index (χ0) is 7.68. The van der Waals surface area contributed by atoms with E-state index in [9.17, 15) is 0 Å². The molecule has 0 saturated heterocycles. The predicted molar refractivity (Wildman–Crippen MR) is 51.8 cm³/mol. The van der Waals surface area contributed by atoms with Gasteiger partial charge in [-0.1, -0.05) is 0 Å². The third kappa shape index (κ3) is 2.31. The van der Waals surface area contributed by atoms with Gasteiger partial charge in [0.1, 0.15) is 5.75 Å². The molecule has 1 aliphatic carbocycles. The quantitative estimate of drug-likeness (QED) is 0.718. The Hall–Kier alpha value is -0.890. The first-order valence-corrected chi connectivity index (χ1v) is 3.87. The molecule has 0 spiro atoms. The van der Waals surface area contributed by atoms with Crippen molar-refractivity contribution in [3.8, 4) is 5.75 Å². The van der Waals surface area contributed by atoms with Crippen molar-refractivity contribution >= 4 is 18.1 Å². The molecule has 1 saturated carbocycles. The molecular weight excluding hydrogens is 174 g/mol. The van der Waals surface area contributed by atoms with Crippen molar-refractivity contribution in [3.63, 3.8) is 0 Å². The Balaban J connectivity index is 0.000000720. The van der Waals surface area contributed by atoms with Gasteiger partial charge in [-0.3, -0.25) is 0 Å². The highest BCUT2D eigenvalue weighted by molar-refractivity contribution is 5.85. The Bertz CT molecular complexity index is 243. The maximum Gasteiger partial charge on any atom is 0.119 e. The summed E-state index contributed by atoms with van der Waals surface area (Å²) < 4.78 is 5.52. The van der Waals surface area contributed by atoms with Crippen LogP contribution in [0.3, 0.4) is 0 Å². The maximum atomic E-state index is 5.52. The zero-order valence-electron chi connectivity index (χ0n) is 6.69. The summed E-state index contributed by atoms with van der Waals surface area (Å²) in [4.78, 5) is 0. The number of halogens is 1. The summed E-state index contributed by atoms with van der Waals surface area (Å²) in [6, 6.07) is 7.54. The lowest BCUT2D eigenvalue weighted by molar-refractivity contribution is 0.303. The summed E-state index contributed by atoms with van der Waals surface area (Å²) >= 11 is 0. The van der Waals surface area contributed by atoms with Gasteiger partial charge < -0.3 is 10.5 Å². The second-order valence-corrected chi connectivity index (χ2v) is 2.89. The average Bonchev–Trinajstić information content (AvgIpc) is 2.78. The van der Waals surface area contributed by atoms with Crippen molar-refractivity contribution in [1.82, 2.24) is 0 Å². The van der Waals surface area contributed by atoms with E-state index < -0.39 is 0 Å². The number of hydrogen-bond acceptors (Lipinski definition) is 2. The predicted octanol–water partition coefficient (Wildman–Crippen LogP) is 2.23. The topological polar surface area (TPSA) is 35.2 Å². The highest BCUT2D eigenvalue weighted by Crippen LogP contribution is 2.26. The van der Waals surface area contributed by atoms with Gasteiger partial charge in [-0.15, -0.1) is 12.4 Å². The van der Waals surface area contributed by atoms with Gasteiger partial charge in [0, 0.05) is 5.69 Å². The standard InChI is InChI=1S/C9H11NO.ClH/c10-7-1-3-8(4-2-7)11-9-5-6-9;/h1-4,9H,5-6,10H2;1H. The Morgan fingerprint density at radius 3 is 2.25 bits per heavy atom. The van der Waals surface area contributed by atoms with Crippen LogP contribution in [-0.4, -0.2) is 6.10 Å². The van der Waals surface area contributed by atoms with Crippen molar-refractivity contribution in [2.24, 2.45) is 0 Å². The summed E-state index contributed by atoms with van der Waals surface area (Å²) in [5.41, 5.74) is 6.30. The van der Waals surface area contributed by atoms with Gasteiger partial charge >= 0.3 is 0 Å². The molecule has 1 aromatic carbocycles. The molecule has 0 aliphatic heterocycles. The minimum atomic E-state index is 0. The van der Waals surface area contributed by atoms with Crippen LogP contribution in [0.4, 0.5) is 5.69 Å². The smallest absolute Gasteiger partial charge is 0.119 e. The van der Waals surface area contributed by atoms with Gasteiger partial charge in [-0.05, 0) is 37.1 Å². The number of nitrogen functional groups attached to an aromatic ring is 1. The number of benzene rings is 1. The van der Waals surface area contributed by atoms with E-state index >= 15 is 0 Å². The van der Waals surface area contributed by atoms with Crippen LogP contribution in [0.25, 0.3) is 0 Å². The molecule has 2 nitrogen and oxygen atoms in total. The molecule has 12 heavy (non-hydrogen) atoms. The molecule has 1 fully saturated rings. The number of anilines is 1. The van der Waals surface area contributed by atoms with E-state index in [0.717, 1.165) is 11.4 Å². The number of ether oxygens (including phenoxy) is 1. The third-order valence-corrected chi connectivity index (χ3v) is 1.71. The van der Waals surface area contributed by atoms with Gasteiger partial charge in [0.15, 0.2) is 0 Å². The molecule has 2 rings (SSSR count). The maximum absolute atomic E-state index is 5.52. The molecule has 3 heteroatoms. The number of rotatable bonds is 2. The van der Waals surface area contributed by atoms with E-state index in [2.05, 4.69) is 0 Å². The SMILES string of the molecule is Cl.Nc1ccc(OC2CC2)cc1. The van der Waals surface area contributed by atoms with Gasteiger partial charge in [-0.2, -0.15) is 0 Å². The number of nitrogens with two attached hydrogens (primary N) is 1. The fraction of sp³-hybridized carbons (Fsp3) is 0.333. The first kappa shape index (κ1) is 9.20. The molecule has 0 heterocycles. The minimum absolute atomic E-state index is 0. The van der Waals surface area contributed by atoms with Gasteiger partial charge in [-0.25, -0.2) is 0 Å². The summed E-state index contributed by atoms with van der Waals surface area (Å²) in [6.45, 7) is 0. The largest absolute Gasteiger partial charge is 0.490 e. The third-order valence-electron chi connectivity index (χ3n) is 1.71. The molecule has 1 aromatic rings.